The molecule has 164 valence electrons. The average molecular weight is 452 g/mol. The predicted octanol–water partition coefficient (Wildman–Crippen LogP) is 4.05. The Kier molecular flexibility index (Phi) is 8.55. The molecule has 2 aromatic carbocycles. The molecule has 1 atom stereocenters. The first kappa shape index (κ1) is 24.0. The van der Waals surface area contributed by atoms with Gasteiger partial charge in [0, 0.05) is 30.3 Å². The maximum Gasteiger partial charge on any atom is 0.244 e. The maximum absolute atomic E-state index is 12.9. The highest BCUT2D eigenvalue weighted by atomic mass is 35.5. The number of nitrogens with zero attached hydrogens (tertiary/aromatic N) is 2. The van der Waals surface area contributed by atoms with Gasteiger partial charge < -0.3 is 10.2 Å². The summed E-state index contributed by atoms with van der Waals surface area (Å²) in [6.07, 6.45) is 1.44. The van der Waals surface area contributed by atoms with Crippen molar-refractivity contribution >= 4 is 38.9 Å². The molecule has 0 saturated carbocycles. The summed E-state index contributed by atoms with van der Waals surface area (Å²) in [5.41, 5.74) is 2.49. The van der Waals surface area contributed by atoms with E-state index in [4.69, 9.17) is 11.6 Å². The Morgan fingerprint density at radius 2 is 1.50 bits per heavy atom. The first-order valence-corrected chi connectivity index (χ1v) is 12.3. The third kappa shape index (κ3) is 6.12. The monoisotopic (exact) mass is 451 g/mol. The molecule has 0 aromatic heterocycles. The summed E-state index contributed by atoms with van der Waals surface area (Å²) in [6.45, 7) is 8.18. The second kappa shape index (κ2) is 10.7. The zero-order valence-electron chi connectivity index (χ0n) is 17.9. The standard InChI is InChI=1S/C22H30ClN3O3S/c1-5-21(26(30(4,28)29)20-14-10-18(23)11-15-20)22(27)24-16-17-8-12-19(13-9-17)25(6-2)7-3/h8-15,21H,5-7,16H2,1-4H3,(H,24,27). The minimum absolute atomic E-state index is 0.325. The Hall–Kier alpha value is -2.25. The number of halogens is 1. The zero-order chi connectivity index (χ0) is 22.3. The number of sulfonamides is 1. The normalized spacial score (nSPS) is 12.3. The lowest BCUT2D eigenvalue weighted by atomic mass is 10.1. The van der Waals surface area contributed by atoms with Gasteiger partial charge in [-0.05, 0) is 62.2 Å². The first-order chi connectivity index (χ1) is 14.2. The topological polar surface area (TPSA) is 69.7 Å². The van der Waals surface area contributed by atoms with E-state index in [2.05, 4.69) is 24.1 Å². The minimum Gasteiger partial charge on any atom is -0.372 e. The van der Waals surface area contributed by atoms with Crippen LogP contribution >= 0.6 is 11.6 Å². The van der Waals surface area contributed by atoms with E-state index >= 15 is 0 Å². The molecule has 2 aromatic rings. The van der Waals surface area contributed by atoms with Crippen molar-refractivity contribution in [3.8, 4) is 0 Å². The van der Waals surface area contributed by atoms with Crippen LogP contribution in [0.5, 0.6) is 0 Å². The molecule has 0 bridgehead atoms. The van der Waals surface area contributed by atoms with E-state index < -0.39 is 16.1 Å². The third-order valence-electron chi connectivity index (χ3n) is 4.94. The molecule has 0 saturated heterocycles. The summed E-state index contributed by atoms with van der Waals surface area (Å²) in [6, 6.07) is 13.6. The molecule has 2 rings (SSSR count). The molecule has 0 aliphatic carbocycles. The fourth-order valence-corrected chi connectivity index (χ4v) is 4.71. The lowest BCUT2D eigenvalue weighted by Gasteiger charge is -2.30. The Labute approximate surface area is 184 Å². The molecule has 0 heterocycles. The van der Waals surface area contributed by atoms with Crippen molar-refractivity contribution in [1.82, 2.24) is 5.32 Å². The zero-order valence-corrected chi connectivity index (χ0v) is 19.5. The predicted molar refractivity (Wildman–Crippen MR) is 125 cm³/mol. The SMILES string of the molecule is CCC(C(=O)NCc1ccc(N(CC)CC)cc1)N(c1ccc(Cl)cc1)S(C)(=O)=O. The third-order valence-corrected chi connectivity index (χ3v) is 6.37. The fourth-order valence-electron chi connectivity index (χ4n) is 3.37. The van der Waals surface area contributed by atoms with Gasteiger partial charge in [-0.3, -0.25) is 9.10 Å². The molecule has 0 fully saturated rings. The molecular weight excluding hydrogens is 422 g/mol. The van der Waals surface area contributed by atoms with Crippen LogP contribution in [0.3, 0.4) is 0 Å². The molecule has 0 radical (unpaired) electrons. The van der Waals surface area contributed by atoms with Crippen LogP contribution in [0.4, 0.5) is 11.4 Å². The summed E-state index contributed by atoms with van der Waals surface area (Å²) in [5.74, 6) is -0.342. The molecule has 0 spiro atoms. The number of nitrogens with one attached hydrogen (secondary N) is 1. The van der Waals surface area contributed by atoms with Crippen LogP contribution in [0, 0.1) is 0 Å². The first-order valence-electron chi connectivity index (χ1n) is 10.1. The lowest BCUT2D eigenvalue weighted by Crippen LogP contribution is -2.49. The number of rotatable bonds is 10. The van der Waals surface area contributed by atoms with Gasteiger partial charge >= 0.3 is 0 Å². The van der Waals surface area contributed by atoms with Crippen molar-refractivity contribution in [1.29, 1.82) is 0 Å². The van der Waals surface area contributed by atoms with Gasteiger partial charge in [0.25, 0.3) is 0 Å². The van der Waals surface area contributed by atoms with E-state index in [1.807, 2.05) is 24.3 Å². The second-order valence-electron chi connectivity index (χ2n) is 7.02. The maximum atomic E-state index is 12.9. The molecular formula is C22H30ClN3O3S. The van der Waals surface area contributed by atoms with Gasteiger partial charge in [0.15, 0.2) is 0 Å². The van der Waals surface area contributed by atoms with Gasteiger partial charge in [0.1, 0.15) is 6.04 Å². The molecule has 0 aliphatic rings. The van der Waals surface area contributed by atoms with Gasteiger partial charge in [0.05, 0.1) is 11.9 Å². The van der Waals surface area contributed by atoms with E-state index in [0.717, 1.165) is 34.9 Å². The molecule has 1 N–H and O–H groups in total. The van der Waals surface area contributed by atoms with Crippen molar-refractivity contribution in [3.63, 3.8) is 0 Å². The number of amides is 1. The van der Waals surface area contributed by atoms with Gasteiger partial charge in [-0.1, -0.05) is 30.7 Å². The summed E-state index contributed by atoms with van der Waals surface area (Å²) in [5, 5.41) is 3.37. The molecule has 1 amide bonds. The Morgan fingerprint density at radius 3 is 1.97 bits per heavy atom. The number of benzene rings is 2. The van der Waals surface area contributed by atoms with Crippen LogP contribution in [0.15, 0.2) is 48.5 Å². The van der Waals surface area contributed by atoms with Crippen LogP contribution < -0.4 is 14.5 Å². The summed E-state index contributed by atoms with van der Waals surface area (Å²) < 4.78 is 26.1. The highest BCUT2D eigenvalue weighted by Gasteiger charge is 2.31. The number of hydrogen-bond acceptors (Lipinski definition) is 4. The second-order valence-corrected chi connectivity index (χ2v) is 9.31. The van der Waals surface area contributed by atoms with E-state index in [0.29, 0.717) is 23.7 Å². The van der Waals surface area contributed by atoms with E-state index in [1.54, 1.807) is 31.2 Å². The van der Waals surface area contributed by atoms with Crippen molar-refractivity contribution in [3.05, 3.63) is 59.1 Å². The molecule has 30 heavy (non-hydrogen) atoms. The minimum atomic E-state index is -3.67. The largest absolute Gasteiger partial charge is 0.372 e. The highest BCUT2D eigenvalue weighted by Crippen LogP contribution is 2.24. The fraction of sp³-hybridized carbons (Fsp3) is 0.409. The van der Waals surface area contributed by atoms with Gasteiger partial charge in [0.2, 0.25) is 15.9 Å². The Bertz CT molecular complexity index is 927. The van der Waals surface area contributed by atoms with E-state index in [-0.39, 0.29) is 5.91 Å². The summed E-state index contributed by atoms with van der Waals surface area (Å²) in [4.78, 5) is 15.1. The van der Waals surface area contributed by atoms with Crippen LogP contribution in [0.25, 0.3) is 0 Å². The Morgan fingerprint density at radius 1 is 0.967 bits per heavy atom. The van der Waals surface area contributed by atoms with Crippen LogP contribution in [-0.4, -0.2) is 39.7 Å². The van der Waals surface area contributed by atoms with Crippen LogP contribution in [0.2, 0.25) is 5.02 Å². The molecule has 8 heteroatoms. The van der Waals surface area contributed by atoms with Crippen LogP contribution in [-0.2, 0) is 21.4 Å². The smallest absolute Gasteiger partial charge is 0.244 e. The van der Waals surface area contributed by atoms with Crippen molar-refractivity contribution in [2.75, 3.05) is 28.6 Å². The number of anilines is 2. The quantitative estimate of drug-likeness (QED) is 0.591. The van der Waals surface area contributed by atoms with Crippen LogP contribution in [0.1, 0.15) is 32.8 Å². The summed E-state index contributed by atoms with van der Waals surface area (Å²) in [7, 11) is -3.67. The average Bonchev–Trinajstić information content (AvgIpc) is 2.72. The molecule has 1 unspecified atom stereocenters. The number of hydrogen-bond donors (Lipinski definition) is 1. The highest BCUT2D eigenvalue weighted by molar-refractivity contribution is 7.92. The van der Waals surface area contributed by atoms with E-state index in [9.17, 15) is 13.2 Å². The van der Waals surface area contributed by atoms with Gasteiger partial charge in [-0.15, -0.1) is 0 Å². The number of carbonyl (C=O) groups is 1. The molecule has 0 aliphatic heterocycles. The van der Waals surface area contributed by atoms with Crippen molar-refractivity contribution in [2.45, 2.75) is 39.8 Å². The molecule has 6 nitrogen and oxygen atoms in total. The van der Waals surface area contributed by atoms with Crippen molar-refractivity contribution < 1.29 is 13.2 Å². The van der Waals surface area contributed by atoms with Gasteiger partial charge in [-0.25, -0.2) is 8.42 Å². The Balaban J connectivity index is 2.15. The summed E-state index contributed by atoms with van der Waals surface area (Å²) >= 11 is 5.92. The van der Waals surface area contributed by atoms with Gasteiger partial charge in [-0.2, -0.15) is 0 Å². The lowest BCUT2D eigenvalue weighted by molar-refractivity contribution is -0.122. The van der Waals surface area contributed by atoms with E-state index in [1.165, 1.54) is 0 Å². The van der Waals surface area contributed by atoms with Crippen molar-refractivity contribution in [2.24, 2.45) is 0 Å². The number of carbonyl (C=O) groups excluding carboxylic acids is 1.